The van der Waals surface area contributed by atoms with Crippen molar-refractivity contribution in [1.82, 2.24) is 5.32 Å². The second kappa shape index (κ2) is 6.90. The van der Waals surface area contributed by atoms with Crippen LogP contribution in [0.2, 0.25) is 0 Å². The zero-order chi connectivity index (χ0) is 15.6. The molecule has 0 heterocycles. The predicted octanol–water partition coefficient (Wildman–Crippen LogP) is 5.04. The molecule has 22 heavy (non-hydrogen) atoms. The van der Waals surface area contributed by atoms with E-state index in [0.717, 1.165) is 35.6 Å². The van der Waals surface area contributed by atoms with Crippen molar-refractivity contribution in [2.24, 2.45) is 5.92 Å². The number of hydrogen-bond acceptors (Lipinski definition) is 2. The highest BCUT2D eigenvalue weighted by Crippen LogP contribution is 2.55. The standard InChI is InChI=1S/C16H20Cl2N2OS/c17-16(18)9-11(16)10-22-14-8-4-3-7-13(14)20-15(21)19-12-5-1-2-6-12/h3-4,7-8,11-12H,1-2,5-6,9-10H2,(H2,19,20,21). The fourth-order valence-corrected chi connectivity index (χ4v) is 4.69. The Labute approximate surface area is 145 Å². The maximum absolute atomic E-state index is 12.1. The van der Waals surface area contributed by atoms with Gasteiger partial charge in [-0.3, -0.25) is 0 Å². The third-order valence-corrected chi connectivity index (χ3v) is 6.38. The molecule has 1 unspecified atom stereocenters. The van der Waals surface area contributed by atoms with Gasteiger partial charge in [0.15, 0.2) is 0 Å². The number of alkyl halides is 2. The molecule has 0 bridgehead atoms. The number of carbonyl (C=O) groups excluding carboxylic acids is 1. The van der Waals surface area contributed by atoms with Gasteiger partial charge in [0.2, 0.25) is 0 Å². The van der Waals surface area contributed by atoms with E-state index < -0.39 is 4.33 Å². The number of benzene rings is 1. The van der Waals surface area contributed by atoms with Crippen LogP contribution in [-0.4, -0.2) is 22.2 Å². The molecule has 2 saturated carbocycles. The number of thioether (sulfide) groups is 1. The van der Waals surface area contributed by atoms with Gasteiger partial charge in [-0.05, 0) is 31.4 Å². The fraction of sp³-hybridized carbons (Fsp3) is 0.562. The van der Waals surface area contributed by atoms with E-state index in [1.165, 1.54) is 12.8 Å². The summed E-state index contributed by atoms with van der Waals surface area (Å²) in [4.78, 5) is 13.2. The van der Waals surface area contributed by atoms with Crippen LogP contribution in [0.1, 0.15) is 32.1 Å². The summed E-state index contributed by atoms with van der Waals surface area (Å²) in [6.45, 7) is 0. The number of hydrogen-bond donors (Lipinski definition) is 2. The van der Waals surface area contributed by atoms with Crippen LogP contribution in [0.15, 0.2) is 29.2 Å². The van der Waals surface area contributed by atoms with Crippen LogP contribution in [0.25, 0.3) is 0 Å². The Kier molecular flexibility index (Phi) is 5.10. The SMILES string of the molecule is O=C(Nc1ccccc1SCC1CC1(Cl)Cl)NC1CCCC1. The van der Waals surface area contributed by atoms with Gasteiger partial charge < -0.3 is 10.6 Å². The van der Waals surface area contributed by atoms with Gasteiger partial charge in [0, 0.05) is 22.6 Å². The van der Waals surface area contributed by atoms with Crippen LogP contribution in [-0.2, 0) is 0 Å². The fourth-order valence-electron chi connectivity index (χ4n) is 2.75. The monoisotopic (exact) mass is 358 g/mol. The summed E-state index contributed by atoms with van der Waals surface area (Å²) in [5, 5.41) is 6.01. The zero-order valence-electron chi connectivity index (χ0n) is 12.3. The number of para-hydroxylation sites is 1. The minimum atomic E-state index is -0.546. The first-order valence-electron chi connectivity index (χ1n) is 7.72. The van der Waals surface area contributed by atoms with Crippen molar-refractivity contribution < 1.29 is 4.79 Å². The number of rotatable bonds is 5. The van der Waals surface area contributed by atoms with E-state index in [1.807, 2.05) is 24.3 Å². The first kappa shape index (κ1) is 16.3. The van der Waals surface area contributed by atoms with Gasteiger partial charge in [0.05, 0.1) is 5.69 Å². The minimum Gasteiger partial charge on any atom is -0.335 e. The molecule has 3 rings (SSSR count). The van der Waals surface area contributed by atoms with E-state index in [1.54, 1.807) is 11.8 Å². The molecule has 1 aromatic carbocycles. The van der Waals surface area contributed by atoms with Gasteiger partial charge in [0.1, 0.15) is 4.33 Å². The first-order valence-corrected chi connectivity index (χ1v) is 9.46. The Morgan fingerprint density at radius 1 is 1.27 bits per heavy atom. The van der Waals surface area contributed by atoms with Gasteiger partial charge >= 0.3 is 6.03 Å². The summed E-state index contributed by atoms with van der Waals surface area (Å²) >= 11 is 13.8. The number of nitrogens with one attached hydrogen (secondary N) is 2. The second-order valence-electron chi connectivity index (χ2n) is 6.05. The van der Waals surface area contributed by atoms with Crippen LogP contribution >= 0.6 is 35.0 Å². The number of halogens is 2. The molecule has 2 aliphatic rings. The van der Waals surface area contributed by atoms with Gasteiger partial charge in [0.25, 0.3) is 0 Å². The molecule has 120 valence electrons. The third kappa shape index (κ3) is 4.24. The largest absolute Gasteiger partial charge is 0.335 e. The van der Waals surface area contributed by atoms with Crippen molar-refractivity contribution in [2.75, 3.05) is 11.1 Å². The summed E-state index contributed by atoms with van der Waals surface area (Å²) < 4.78 is -0.546. The van der Waals surface area contributed by atoms with E-state index in [9.17, 15) is 4.79 Å². The molecular weight excluding hydrogens is 339 g/mol. The quantitative estimate of drug-likeness (QED) is 0.571. The molecule has 6 heteroatoms. The van der Waals surface area contributed by atoms with E-state index in [2.05, 4.69) is 10.6 Å². The molecule has 2 N–H and O–H groups in total. The second-order valence-corrected chi connectivity index (χ2v) is 8.65. The lowest BCUT2D eigenvalue weighted by Gasteiger charge is -2.15. The molecule has 0 radical (unpaired) electrons. The number of anilines is 1. The molecule has 2 fully saturated rings. The van der Waals surface area contributed by atoms with Gasteiger partial charge in [-0.15, -0.1) is 35.0 Å². The number of carbonyl (C=O) groups is 1. The average Bonchev–Trinajstić information content (AvgIpc) is 2.87. The van der Waals surface area contributed by atoms with Crippen molar-refractivity contribution in [3.05, 3.63) is 24.3 Å². The van der Waals surface area contributed by atoms with E-state index >= 15 is 0 Å². The van der Waals surface area contributed by atoms with E-state index in [-0.39, 0.29) is 6.03 Å². The van der Waals surface area contributed by atoms with E-state index in [0.29, 0.717) is 12.0 Å². The van der Waals surface area contributed by atoms with Crippen LogP contribution in [0.4, 0.5) is 10.5 Å². The molecule has 0 aromatic heterocycles. The summed E-state index contributed by atoms with van der Waals surface area (Å²) in [6.07, 6.45) is 5.42. The van der Waals surface area contributed by atoms with Crippen LogP contribution in [0.5, 0.6) is 0 Å². The Morgan fingerprint density at radius 3 is 2.64 bits per heavy atom. The number of urea groups is 1. The molecule has 0 spiro atoms. The summed E-state index contributed by atoms with van der Waals surface area (Å²) in [7, 11) is 0. The molecule has 0 aliphatic heterocycles. The normalized spacial score (nSPS) is 23.3. The molecule has 1 atom stereocenters. The van der Waals surface area contributed by atoms with Crippen LogP contribution in [0.3, 0.4) is 0 Å². The molecule has 0 saturated heterocycles. The van der Waals surface area contributed by atoms with Crippen molar-refractivity contribution in [3.63, 3.8) is 0 Å². The molecule has 1 aromatic rings. The van der Waals surface area contributed by atoms with Crippen molar-refractivity contribution in [1.29, 1.82) is 0 Å². The van der Waals surface area contributed by atoms with Crippen molar-refractivity contribution >= 4 is 46.7 Å². The van der Waals surface area contributed by atoms with Crippen molar-refractivity contribution in [2.45, 2.75) is 47.4 Å². The lowest BCUT2D eigenvalue weighted by atomic mass is 10.2. The number of amides is 2. The highest BCUT2D eigenvalue weighted by molar-refractivity contribution is 7.99. The lowest BCUT2D eigenvalue weighted by Crippen LogP contribution is -2.36. The molecular formula is C16H20Cl2N2OS. The maximum Gasteiger partial charge on any atom is 0.319 e. The van der Waals surface area contributed by atoms with E-state index in [4.69, 9.17) is 23.2 Å². The summed E-state index contributed by atoms with van der Waals surface area (Å²) in [6, 6.07) is 8.05. The Morgan fingerprint density at radius 2 is 1.95 bits per heavy atom. The van der Waals surface area contributed by atoms with Crippen LogP contribution < -0.4 is 10.6 Å². The molecule has 3 nitrogen and oxygen atoms in total. The first-order chi connectivity index (χ1) is 10.5. The summed E-state index contributed by atoms with van der Waals surface area (Å²) in [5.41, 5.74) is 0.846. The van der Waals surface area contributed by atoms with Gasteiger partial charge in [-0.2, -0.15) is 0 Å². The Bertz CT molecular complexity index is 547. The minimum absolute atomic E-state index is 0.115. The smallest absolute Gasteiger partial charge is 0.319 e. The maximum atomic E-state index is 12.1. The Hall–Kier alpha value is -0.580. The van der Waals surface area contributed by atoms with Gasteiger partial charge in [-0.25, -0.2) is 4.79 Å². The third-order valence-electron chi connectivity index (χ3n) is 4.22. The zero-order valence-corrected chi connectivity index (χ0v) is 14.6. The highest BCUT2D eigenvalue weighted by Gasteiger charge is 2.51. The van der Waals surface area contributed by atoms with Gasteiger partial charge in [-0.1, -0.05) is 25.0 Å². The van der Waals surface area contributed by atoms with Crippen molar-refractivity contribution in [3.8, 4) is 0 Å². The summed E-state index contributed by atoms with van der Waals surface area (Å²) in [5.74, 6) is 1.21. The van der Waals surface area contributed by atoms with Crippen LogP contribution in [0, 0.1) is 5.92 Å². The average molecular weight is 359 g/mol. The highest BCUT2D eigenvalue weighted by atomic mass is 35.5. The Balaban J connectivity index is 1.54. The molecule has 2 amide bonds. The topological polar surface area (TPSA) is 41.1 Å². The predicted molar refractivity (Wildman–Crippen MR) is 94.1 cm³/mol. The molecule has 2 aliphatic carbocycles. The lowest BCUT2D eigenvalue weighted by molar-refractivity contribution is 0.248.